The van der Waals surface area contributed by atoms with Gasteiger partial charge in [-0.05, 0) is 33.6 Å². The van der Waals surface area contributed by atoms with Crippen LogP contribution in [0.3, 0.4) is 0 Å². The van der Waals surface area contributed by atoms with Crippen LogP contribution in [0.1, 0.15) is 5.56 Å². The zero-order valence-corrected chi connectivity index (χ0v) is 11.2. The third kappa shape index (κ3) is 2.97. The average molecular weight is 342 g/mol. The van der Waals surface area contributed by atoms with Crippen molar-refractivity contribution in [2.24, 2.45) is 0 Å². The Hall–Kier alpha value is -0.0600. The predicted molar refractivity (Wildman–Crippen MR) is 62.6 cm³/mol. The lowest BCUT2D eigenvalue weighted by Crippen LogP contribution is -2.05. The van der Waals surface area contributed by atoms with E-state index in [1.165, 1.54) is 7.11 Å². The molecule has 0 bridgehead atoms. The molecular formula is C9H7Br2ClO2. The van der Waals surface area contributed by atoms with Crippen molar-refractivity contribution in [1.29, 1.82) is 0 Å². The molecule has 0 unspecified atom stereocenters. The number of methoxy groups -OCH3 is 1. The summed E-state index contributed by atoms with van der Waals surface area (Å²) in [5.41, 5.74) is 0.802. The predicted octanol–water partition coefficient (Wildman–Crippen LogP) is 3.58. The average Bonchev–Trinajstić information content (AvgIpc) is 2.13. The third-order valence-electron chi connectivity index (χ3n) is 1.63. The number of hydrogen-bond donors (Lipinski definition) is 0. The molecule has 0 aliphatic rings. The van der Waals surface area contributed by atoms with Crippen molar-refractivity contribution in [1.82, 2.24) is 0 Å². The van der Waals surface area contributed by atoms with E-state index in [1.807, 2.05) is 6.07 Å². The first-order chi connectivity index (χ1) is 6.54. The van der Waals surface area contributed by atoms with Gasteiger partial charge in [0.05, 0.1) is 18.6 Å². The molecular weight excluding hydrogens is 335 g/mol. The Bertz CT molecular complexity index is 366. The van der Waals surface area contributed by atoms with Gasteiger partial charge in [-0.3, -0.25) is 4.79 Å². The Labute approximate surface area is 104 Å². The van der Waals surface area contributed by atoms with Gasteiger partial charge in [-0.25, -0.2) is 0 Å². The van der Waals surface area contributed by atoms with Crippen molar-refractivity contribution in [2.45, 2.75) is 6.42 Å². The Morgan fingerprint density at radius 2 is 2.14 bits per heavy atom. The summed E-state index contributed by atoms with van der Waals surface area (Å²) in [5.74, 6) is -0.292. The van der Waals surface area contributed by atoms with Crippen LogP contribution < -0.4 is 0 Å². The monoisotopic (exact) mass is 340 g/mol. The molecule has 0 saturated heterocycles. The minimum absolute atomic E-state index is 0.205. The van der Waals surface area contributed by atoms with E-state index in [9.17, 15) is 4.79 Å². The van der Waals surface area contributed by atoms with Gasteiger partial charge in [0.1, 0.15) is 0 Å². The highest BCUT2D eigenvalue weighted by Crippen LogP contribution is 2.30. The summed E-state index contributed by atoms with van der Waals surface area (Å²) in [7, 11) is 1.36. The highest BCUT2D eigenvalue weighted by atomic mass is 79.9. The molecule has 0 atom stereocenters. The van der Waals surface area contributed by atoms with Crippen molar-refractivity contribution >= 4 is 49.4 Å². The van der Waals surface area contributed by atoms with Crippen LogP contribution in [0.15, 0.2) is 21.1 Å². The van der Waals surface area contributed by atoms with Crippen LogP contribution in [0.25, 0.3) is 0 Å². The normalized spacial score (nSPS) is 10.0. The number of benzene rings is 1. The third-order valence-corrected chi connectivity index (χ3v) is 3.55. The van der Waals surface area contributed by atoms with Gasteiger partial charge in [-0.1, -0.05) is 27.5 Å². The van der Waals surface area contributed by atoms with E-state index in [4.69, 9.17) is 11.6 Å². The molecule has 0 radical (unpaired) electrons. The van der Waals surface area contributed by atoms with Crippen LogP contribution in [-0.4, -0.2) is 13.1 Å². The van der Waals surface area contributed by atoms with Gasteiger partial charge in [0.25, 0.3) is 0 Å². The number of hydrogen-bond acceptors (Lipinski definition) is 2. The molecule has 0 aliphatic heterocycles. The quantitative estimate of drug-likeness (QED) is 0.607. The Morgan fingerprint density at radius 1 is 1.50 bits per heavy atom. The Morgan fingerprint density at radius 3 is 2.71 bits per heavy atom. The summed E-state index contributed by atoms with van der Waals surface area (Å²) < 4.78 is 6.14. The minimum Gasteiger partial charge on any atom is -0.469 e. The zero-order valence-electron chi connectivity index (χ0n) is 7.31. The summed E-state index contributed by atoms with van der Waals surface area (Å²) in [6.45, 7) is 0. The standard InChI is InChI=1S/C9H7Br2ClO2/c1-14-8(13)3-5-2-6(10)4-7(12)9(5)11/h2,4H,3H2,1H3. The molecule has 0 N–H and O–H groups in total. The van der Waals surface area contributed by atoms with Crippen LogP contribution in [0, 0.1) is 0 Å². The van der Waals surface area contributed by atoms with Gasteiger partial charge in [-0.2, -0.15) is 0 Å². The molecule has 0 saturated carbocycles. The molecule has 76 valence electrons. The van der Waals surface area contributed by atoms with Gasteiger partial charge in [-0.15, -0.1) is 0 Å². The first-order valence-electron chi connectivity index (χ1n) is 3.75. The fraction of sp³-hybridized carbons (Fsp3) is 0.222. The van der Waals surface area contributed by atoms with Crippen molar-refractivity contribution in [3.63, 3.8) is 0 Å². The van der Waals surface area contributed by atoms with E-state index in [0.717, 1.165) is 14.5 Å². The second-order valence-corrected chi connectivity index (χ2v) is 4.73. The van der Waals surface area contributed by atoms with Crippen LogP contribution in [-0.2, 0) is 16.0 Å². The molecule has 0 amide bonds. The molecule has 1 aromatic carbocycles. The summed E-state index contributed by atoms with van der Waals surface area (Å²) in [5, 5.41) is 0.568. The van der Waals surface area contributed by atoms with Crippen LogP contribution >= 0.6 is 43.5 Å². The molecule has 1 aromatic rings. The first kappa shape index (κ1) is 12.0. The lowest BCUT2D eigenvalue weighted by atomic mass is 10.1. The van der Waals surface area contributed by atoms with E-state index < -0.39 is 0 Å². The lowest BCUT2D eigenvalue weighted by Gasteiger charge is -2.05. The summed E-state index contributed by atoms with van der Waals surface area (Å²) >= 11 is 12.5. The van der Waals surface area contributed by atoms with E-state index in [-0.39, 0.29) is 12.4 Å². The number of esters is 1. The smallest absolute Gasteiger partial charge is 0.310 e. The number of carbonyl (C=O) groups is 1. The molecule has 2 nitrogen and oxygen atoms in total. The number of rotatable bonds is 2. The van der Waals surface area contributed by atoms with Crippen LogP contribution in [0.2, 0.25) is 5.02 Å². The molecule has 0 spiro atoms. The maximum absolute atomic E-state index is 11.1. The topological polar surface area (TPSA) is 26.3 Å². The van der Waals surface area contributed by atoms with E-state index in [2.05, 4.69) is 36.6 Å². The number of carbonyl (C=O) groups excluding carboxylic acids is 1. The highest BCUT2D eigenvalue weighted by molar-refractivity contribution is 9.11. The summed E-state index contributed by atoms with van der Waals surface area (Å²) in [6, 6.07) is 3.58. The molecule has 14 heavy (non-hydrogen) atoms. The SMILES string of the molecule is COC(=O)Cc1cc(Br)cc(Cl)c1Br. The van der Waals surface area contributed by atoms with E-state index >= 15 is 0 Å². The first-order valence-corrected chi connectivity index (χ1v) is 5.71. The van der Waals surface area contributed by atoms with Gasteiger partial charge < -0.3 is 4.74 Å². The van der Waals surface area contributed by atoms with Gasteiger partial charge in [0.2, 0.25) is 0 Å². The lowest BCUT2D eigenvalue weighted by molar-refractivity contribution is -0.139. The van der Waals surface area contributed by atoms with Gasteiger partial charge in [0, 0.05) is 8.95 Å². The molecule has 0 aromatic heterocycles. The highest BCUT2D eigenvalue weighted by Gasteiger charge is 2.10. The molecule has 1 rings (SSSR count). The van der Waals surface area contributed by atoms with E-state index in [1.54, 1.807) is 6.07 Å². The fourth-order valence-corrected chi connectivity index (χ4v) is 2.21. The van der Waals surface area contributed by atoms with Crippen molar-refractivity contribution in [3.8, 4) is 0 Å². The number of ether oxygens (including phenoxy) is 1. The second kappa shape index (κ2) is 5.14. The molecule has 5 heteroatoms. The second-order valence-electron chi connectivity index (χ2n) is 2.61. The summed E-state index contributed by atoms with van der Waals surface area (Å²) in [4.78, 5) is 11.1. The van der Waals surface area contributed by atoms with E-state index in [0.29, 0.717) is 5.02 Å². The molecule has 0 fully saturated rings. The molecule has 0 heterocycles. The zero-order chi connectivity index (χ0) is 10.7. The van der Waals surface area contributed by atoms with Crippen molar-refractivity contribution in [3.05, 3.63) is 31.7 Å². The van der Waals surface area contributed by atoms with Crippen molar-refractivity contribution < 1.29 is 9.53 Å². The largest absolute Gasteiger partial charge is 0.469 e. The van der Waals surface area contributed by atoms with Gasteiger partial charge >= 0.3 is 5.97 Å². The number of halogens is 3. The Balaban J connectivity index is 3.02. The van der Waals surface area contributed by atoms with Crippen molar-refractivity contribution in [2.75, 3.05) is 7.11 Å². The minimum atomic E-state index is -0.292. The fourth-order valence-electron chi connectivity index (χ4n) is 0.966. The van der Waals surface area contributed by atoms with Crippen LogP contribution in [0.5, 0.6) is 0 Å². The molecule has 0 aliphatic carbocycles. The summed E-state index contributed by atoms with van der Waals surface area (Å²) in [6.07, 6.45) is 0.205. The van der Waals surface area contributed by atoms with Gasteiger partial charge in [0.15, 0.2) is 0 Å². The maximum Gasteiger partial charge on any atom is 0.310 e. The van der Waals surface area contributed by atoms with Crippen LogP contribution in [0.4, 0.5) is 0 Å². The Kier molecular flexibility index (Phi) is 4.41. The maximum atomic E-state index is 11.1.